The van der Waals surface area contributed by atoms with Crippen LogP contribution in [-0.4, -0.2) is 30.1 Å². The maximum Gasteiger partial charge on any atom is 0.219 e. The van der Waals surface area contributed by atoms with E-state index in [0.717, 1.165) is 32.4 Å². The Kier molecular flexibility index (Phi) is 7.18. The smallest absolute Gasteiger partial charge is 0.219 e. The third kappa shape index (κ3) is 5.10. The highest BCUT2D eigenvalue weighted by Gasteiger charge is 2.40. The number of amides is 1. The Morgan fingerprint density at radius 1 is 1.24 bits per heavy atom. The summed E-state index contributed by atoms with van der Waals surface area (Å²) in [7, 11) is 0. The van der Waals surface area contributed by atoms with Gasteiger partial charge in [0, 0.05) is 30.4 Å². The van der Waals surface area contributed by atoms with E-state index < -0.39 is 0 Å². The summed E-state index contributed by atoms with van der Waals surface area (Å²) in [4.78, 5) is 15.8. The second-order valence-electron chi connectivity index (χ2n) is 8.91. The van der Waals surface area contributed by atoms with Crippen LogP contribution in [0, 0.1) is 12.8 Å². The quantitative estimate of drug-likeness (QED) is 0.546. The Hall–Kier alpha value is -1.65. The van der Waals surface area contributed by atoms with E-state index in [1.54, 1.807) is 18.3 Å². The number of aryl methyl sites for hydroxylation is 1. The monoisotopic (exact) mass is 413 g/mol. The average molecular weight is 414 g/mol. The first kappa shape index (κ1) is 22.0. The topological polar surface area (TPSA) is 29.5 Å². The van der Waals surface area contributed by atoms with Crippen molar-refractivity contribution in [2.75, 3.05) is 13.2 Å². The van der Waals surface area contributed by atoms with Crippen molar-refractivity contribution >= 4 is 17.2 Å². The standard InChI is InChI=1S/C25H35NO2S/c1-18(2)23-17-25(13-15-28-23,22-10-8-19(3)9-11-22)12-14-26(21(5)27)20(4)24-7-6-16-29-24/h6-11,16,18,20,23H,12-15,17H2,1-5H3/t20-,23-,25+/m1/s1. The molecule has 2 heterocycles. The third-order valence-corrected chi connectivity index (χ3v) is 7.61. The molecule has 1 fully saturated rings. The Morgan fingerprint density at radius 2 is 1.97 bits per heavy atom. The van der Waals surface area contributed by atoms with Crippen molar-refractivity contribution in [2.24, 2.45) is 5.92 Å². The van der Waals surface area contributed by atoms with Crippen LogP contribution in [0.15, 0.2) is 41.8 Å². The van der Waals surface area contributed by atoms with E-state index in [9.17, 15) is 4.79 Å². The van der Waals surface area contributed by atoms with Crippen molar-refractivity contribution in [3.8, 4) is 0 Å². The Morgan fingerprint density at radius 3 is 2.55 bits per heavy atom. The molecule has 2 aromatic rings. The molecule has 3 atom stereocenters. The fourth-order valence-electron chi connectivity index (χ4n) is 4.56. The number of rotatable bonds is 7. The van der Waals surface area contributed by atoms with Crippen LogP contribution in [0.3, 0.4) is 0 Å². The van der Waals surface area contributed by atoms with Gasteiger partial charge in [-0.25, -0.2) is 0 Å². The van der Waals surface area contributed by atoms with E-state index in [-0.39, 0.29) is 23.5 Å². The highest BCUT2D eigenvalue weighted by Crippen LogP contribution is 2.42. The summed E-state index contributed by atoms with van der Waals surface area (Å²) < 4.78 is 6.12. The molecule has 0 radical (unpaired) electrons. The largest absolute Gasteiger partial charge is 0.378 e. The van der Waals surface area contributed by atoms with Gasteiger partial charge in [-0.3, -0.25) is 4.79 Å². The number of ether oxygens (including phenoxy) is 1. The first-order valence-corrected chi connectivity index (χ1v) is 11.7. The molecule has 0 aliphatic carbocycles. The number of benzene rings is 1. The normalized spacial score (nSPS) is 23.2. The van der Waals surface area contributed by atoms with Gasteiger partial charge in [0.25, 0.3) is 0 Å². The van der Waals surface area contributed by atoms with E-state index in [4.69, 9.17) is 4.74 Å². The van der Waals surface area contributed by atoms with E-state index >= 15 is 0 Å². The van der Waals surface area contributed by atoms with E-state index in [1.165, 1.54) is 16.0 Å². The van der Waals surface area contributed by atoms with Crippen LogP contribution in [0.2, 0.25) is 0 Å². The van der Waals surface area contributed by atoms with Gasteiger partial charge in [-0.1, -0.05) is 49.7 Å². The lowest BCUT2D eigenvalue weighted by atomic mass is 9.68. The van der Waals surface area contributed by atoms with Gasteiger partial charge in [0.15, 0.2) is 0 Å². The lowest BCUT2D eigenvalue weighted by molar-refractivity contribution is -0.131. The zero-order chi connectivity index (χ0) is 21.0. The van der Waals surface area contributed by atoms with Crippen LogP contribution in [0.1, 0.15) is 69.0 Å². The van der Waals surface area contributed by atoms with Crippen molar-refractivity contribution in [3.05, 3.63) is 57.8 Å². The van der Waals surface area contributed by atoms with Crippen molar-refractivity contribution in [1.29, 1.82) is 0 Å². The van der Waals surface area contributed by atoms with Gasteiger partial charge < -0.3 is 9.64 Å². The van der Waals surface area contributed by atoms with Gasteiger partial charge in [-0.2, -0.15) is 0 Å². The van der Waals surface area contributed by atoms with Gasteiger partial charge in [0.1, 0.15) is 0 Å². The number of carbonyl (C=O) groups excluding carboxylic acids is 1. The fourth-order valence-corrected chi connectivity index (χ4v) is 5.36. The predicted molar refractivity (Wildman–Crippen MR) is 121 cm³/mol. The van der Waals surface area contributed by atoms with Crippen molar-refractivity contribution in [3.63, 3.8) is 0 Å². The molecule has 4 heteroatoms. The summed E-state index contributed by atoms with van der Waals surface area (Å²) in [6.45, 7) is 12.0. The summed E-state index contributed by atoms with van der Waals surface area (Å²) in [6.07, 6.45) is 3.27. The summed E-state index contributed by atoms with van der Waals surface area (Å²) in [5, 5.41) is 2.09. The molecule has 0 saturated carbocycles. The third-order valence-electron chi connectivity index (χ3n) is 6.57. The predicted octanol–water partition coefficient (Wildman–Crippen LogP) is 6.13. The molecule has 1 aromatic heterocycles. The molecule has 158 valence electrons. The Bertz CT molecular complexity index is 784. The number of thiophene rings is 1. The van der Waals surface area contributed by atoms with Gasteiger partial charge >= 0.3 is 0 Å². The minimum absolute atomic E-state index is 0.0593. The second kappa shape index (κ2) is 9.44. The molecule has 1 amide bonds. The van der Waals surface area contributed by atoms with Crippen molar-refractivity contribution < 1.29 is 9.53 Å². The zero-order valence-electron chi connectivity index (χ0n) is 18.5. The highest BCUT2D eigenvalue weighted by atomic mass is 32.1. The summed E-state index contributed by atoms with van der Waals surface area (Å²) in [5.74, 6) is 0.645. The number of hydrogen-bond donors (Lipinski definition) is 0. The van der Waals surface area contributed by atoms with Gasteiger partial charge in [-0.15, -0.1) is 11.3 Å². The minimum atomic E-state index is 0.0593. The SMILES string of the molecule is CC(=O)N(CC[C@]1(c2ccc(C)cc2)CCO[C@@H](C(C)C)C1)[C@H](C)c1cccs1. The van der Waals surface area contributed by atoms with E-state index in [1.807, 2.05) is 4.90 Å². The summed E-state index contributed by atoms with van der Waals surface area (Å²) in [6, 6.07) is 13.3. The molecule has 29 heavy (non-hydrogen) atoms. The molecule has 0 unspecified atom stereocenters. The molecule has 1 aliphatic rings. The number of hydrogen-bond acceptors (Lipinski definition) is 3. The van der Waals surface area contributed by atoms with E-state index in [2.05, 4.69) is 69.5 Å². The molecule has 1 saturated heterocycles. The fraction of sp³-hybridized carbons (Fsp3) is 0.560. The van der Waals surface area contributed by atoms with Crippen LogP contribution >= 0.6 is 11.3 Å². The van der Waals surface area contributed by atoms with Crippen LogP contribution < -0.4 is 0 Å². The molecule has 0 N–H and O–H groups in total. The van der Waals surface area contributed by atoms with Crippen LogP contribution in [-0.2, 0) is 14.9 Å². The van der Waals surface area contributed by atoms with Crippen LogP contribution in [0.5, 0.6) is 0 Å². The number of carbonyl (C=O) groups is 1. The van der Waals surface area contributed by atoms with Gasteiger partial charge in [0.05, 0.1) is 12.1 Å². The van der Waals surface area contributed by atoms with E-state index in [0.29, 0.717) is 5.92 Å². The van der Waals surface area contributed by atoms with Gasteiger partial charge in [0.2, 0.25) is 5.91 Å². The molecule has 0 spiro atoms. The second-order valence-corrected chi connectivity index (χ2v) is 9.89. The number of nitrogens with zero attached hydrogens (tertiary/aromatic N) is 1. The van der Waals surface area contributed by atoms with Crippen LogP contribution in [0.4, 0.5) is 0 Å². The lowest BCUT2D eigenvalue weighted by Gasteiger charge is -2.44. The Labute approximate surface area is 180 Å². The molecular formula is C25H35NO2S. The summed E-state index contributed by atoms with van der Waals surface area (Å²) >= 11 is 1.73. The maximum atomic E-state index is 12.5. The molecular weight excluding hydrogens is 378 g/mol. The lowest BCUT2D eigenvalue weighted by Crippen LogP contribution is -2.44. The maximum absolute atomic E-state index is 12.5. The van der Waals surface area contributed by atoms with Crippen molar-refractivity contribution in [1.82, 2.24) is 4.90 Å². The minimum Gasteiger partial charge on any atom is -0.378 e. The first-order valence-electron chi connectivity index (χ1n) is 10.8. The zero-order valence-corrected chi connectivity index (χ0v) is 19.3. The molecule has 3 nitrogen and oxygen atoms in total. The average Bonchev–Trinajstić information content (AvgIpc) is 3.23. The molecule has 1 aliphatic heterocycles. The Balaban J connectivity index is 1.86. The molecule has 1 aromatic carbocycles. The molecule has 3 rings (SSSR count). The highest BCUT2D eigenvalue weighted by molar-refractivity contribution is 7.10. The van der Waals surface area contributed by atoms with Crippen LogP contribution in [0.25, 0.3) is 0 Å². The summed E-state index contributed by atoms with van der Waals surface area (Å²) in [5.41, 5.74) is 2.74. The van der Waals surface area contributed by atoms with Gasteiger partial charge in [-0.05, 0) is 56.0 Å². The molecule has 0 bridgehead atoms. The first-order chi connectivity index (χ1) is 13.8. The van der Waals surface area contributed by atoms with Crippen molar-refractivity contribution in [2.45, 2.75) is 71.4 Å².